The quantitative estimate of drug-likeness (QED) is 0.703. The molecule has 1 saturated heterocycles. The number of amides is 1. The summed E-state index contributed by atoms with van der Waals surface area (Å²) in [5.41, 5.74) is -0.373. The Morgan fingerprint density at radius 3 is 2.81 bits per heavy atom. The van der Waals surface area contributed by atoms with Crippen LogP contribution in [-0.2, 0) is 4.79 Å². The monoisotopic (exact) mass is 223 g/mol. The molecule has 16 heavy (non-hydrogen) atoms. The molecule has 2 rings (SSSR count). The van der Waals surface area contributed by atoms with Crippen molar-refractivity contribution in [2.45, 2.75) is 45.1 Å². The van der Waals surface area contributed by atoms with Crippen LogP contribution in [0, 0.1) is 11.8 Å². The number of nitrogens with zero attached hydrogens (tertiary/aromatic N) is 1. The molecule has 1 spiro atoms. The first-order chi connectivity index (χ1) is 7.57. The number of hydrogen-bond acceptors (Lipinski definition) is 2. The highest BCUT2D eigenvalue weighted by molar-refractivity contribution is 6.09. The Bertz CT molecular complexity index is 324. The Kier molecular flexibility index (Phi) is 2.91. The SMILES string of the molecule is CN=C1NC(=O)C2(CCCC(C(C)C)C2)N1. The van der Waals surface area contributed by atoms with E-state index in [-0.39, 0.29) is 11.4 Å². The summed E-state index contributed by atoms with van der Waals surface area (Å²) in [4.78, 5) is 16.1. The van der Waals surface area contributed by atoms with Crippen LogP contribution in [0.1, 0.15) is 39.5 Å². The lowest BCUT2D eigenvalue weighted by molar-refractivity contribution is -0.125. The molecule has 90 valence electrons. The van der Waals surface area contributed by atoms with Crippen molar-refractivity contribution < 1.29 is 4.79 Å². The zero-order valence-electron chi connectivity index (χ0n) is 10.3. The smallest absolute Gasteiger partial charge is 0.252 e. The van der Waals surface area contributed by atoms with E-state index in [9.17, 15) is 4.79 Å². The molecule has 1 amide bonds. The van der Waals surface area contributed by atoms with Crippen molar-refractivity contribution in [3.63, 3.8) is 0 Å². The van der Waals surface area contributed by atoms with Gasteiger partial charge >= 0.3 is 0 Å². The number of hydrogen-bond donors (Lipinski definition) is 2. The number of aliphatic imine (C=N–C) groups is 1. The summed E-state index contributed by atoms with van der Waals surface area (Å²) in [5.74, 6) is 2.03. The third-order valence-electron chi connectivity index (χ3n) is 3.98. The van der Waals surface area contributed by atoms with Crippen LogP contribution in [0.4, 0.5) is 0 Å². The molecular weight excluding hydrogens is 202 g/mol. The van der Waals surface area contributed by atoms with Gasteiger partial charge in [-0.1, -0.05) is 20.3 Å². The molecule has 4 heteroatoms. The molecule has 2 aliphatic rings. The Labute approximate surface area is 96.9 Å². The molecular formula is C12H21N3O. The molecule has 1 aliphatic carbocycles. The first kappa shape index (κ1) is 11.4. The zero-order chi connectivity index (χ0) is 11.8. The molecule has 0 aromatic rings. The van der Waals surface area contributed by atoms with Gasteiger partial charge in [-0.25, -0.2) is 0 Å². The van der Waals surface area contributed by atoms with Crippen molar-refractivity contribution in [2.75, 3.05) is 7.05 Å². The van der Waals surface area contributed by atoms with Crippen LogP contribution in [0.15, 0.2) is 4.99 Å². The van der Waals surface area contributed by atoms with Crippen molar-refractivity contribution >= 4 is 11.9 Å². The standard InChI is InChI=1S/C12H21N3O/c1-8(2)9-5-4-6-12(7-9)10(16)14-11(13-3)15-12/h8-9H,4-7H2,1-3H3,(H2,13,14,15,16). The molecule has 2 fully saturated rings. The minimum absolute atomic E-state index is 0.110. The van der Waals surface area contributed by atoms with Crippen molar-refractivity contribution in [3.8, 4) is 0 Å². The van der Waals surface area contributed by atoms with Gasteiger partial charge in [-0.2, -0.15) is 0 Å². The molecule has 1 aliphatic heterocycles. The summed E-state index contributed by atoms with van der Waals surface area (Å²) >= 11 is 0. The van der Waals surface area contributed by atoms with E-state index in [1.54, 1.807) is 7.05 Å². The van der Waals surface area contributed by atoms with Gasteiger partial charge in [-0.05, 0) is 31.1 Å². The molecule has 0 aromatic heterocycles. The van der Waals surface area contributed by atoms with Crippen molar-refractivity contribution in [2.24, 2.45) is 16.8 Å². The molecule has 2 N–H and O–H groups in total. The van der Waals surface area contributed by atoms with Gasteiger partial charge in [-0.3, -0.25) is 15.1 Å². The van der Waals surface area contributed by atoms with Gasteiger partial charge in [0.15, 0.2) is 5.96 Å². The lowest BCUT2D eigenvalue weighted by atomic mass is 9.72. The highest BCUT2D eigenvalue weighted by Gasteiger charge is 2.48. The number of guanidine groups is 1. The van der Waals surface area contributed by atoms with E-state index < -0.39 is 0 Å². The second kappa shape index (κ2) is 4.07. The average molecular weight is 223 g/mol. The maximum atomic E-state index is 12.0. The largest absolute Gasteiger partial charge is 0.342 e. The van der Waals surface area contributed by atoms with E-state index in [0.29, 0.717) is 17.8 Å². The number of rotatable bonds is 1. The van der Waals surface area contributed by atoms with Crippen LogP contribution in [0.25, 0.3) is 0 Å². The van der Waals surface area contributed by atoms with Crippen LogP contribution in [0.5, 0.6) is 0 Å². The molecule has 0 radical (unpaired) electrons. The molecule has 2 atom stereocenters. The van der Waals surface area contributed by atoms with Crippen molar-refractivity contribution in [1.29, 1.82) is 0 Å². The normalized spacial score (nSPS) is 36.9. The second-order valence-corrected chi connectivity index (χ2v) is 5.33. The summed E-state index contributed by atoms with van der Waals surface area (Å²) in [6.07, 6.45) is 4.24. The number of carbonyl (C=O) groups excluding carboxylic acids is 1. The van der Waals surface area contributed by atoms with Crippen LogP contribution in [0.2, 0.25) is 0 Å². The predicted octanol–water partition coefficient (Wildman–Crippen LogP) is 1.28. The minimum atomic E-state index is -0.373. The van der Waals surface area contributed by atoms with E-state index in [1.807, 2.05) is 0 Å². The number of nitrogens with one attached hydrogen (secondary N) is 2. The third kappa shape index (κ3) is 1.81. The average Bonchev–Trinajstić information content (AvgIpc) is 2.56. The summed E-state index contributed by atoms with van der Waals surface area (Å²) in [6.45, 7) is 4.48. The fraction of sp³-hybridized carbons (Fsp3) is 0.833. The van der Waals surface area contributed by atoms with Crippen molar-refractivity contribution in [3.05, 3.63) is 0 Å². The molecule has 1 saturated carbocycles. The van der Waals surface area contributed by atoms with E-state index in [4.69, 9.17) is 0 Å². The molecule has 0 aromatic carbocycles. The molecule has 0 bridgehead atoms. The minimum Gasteiger partial charge on any atom is -0.342 e. The van der Waals surface area contributed by atoms with Crippen LogP contribution in [-0.4, -0.2) is 24.5 Å². The molecule has 4 nitrogen and oxygen atoms in total. The Morgan fingerprint density at radius 1 is 1.50 bits per heavy atom. The second-order valence-electron chi connectivity index (χ2n) is 5.33. The molecule has 2 unspecified atom stereocenters. The topological polar surface area (TPSA) is 53.5 Å². The van der Waals surface area contributed by atoms with Crippen LogP contribution in [0.3, 0.4) is 0 Å². The lowest BCUT2D eigenvalue weighted by Crippen LogP contribution is -2.51. The summed E-state index contributed by atoms with van der Waals surface area (Å²) in [5, 5.41) is 6.10. The van der Waals surface area contributed by atoms with E-state index in [2.05, 4.69) is 29.5 Å². The van der Waals surface area contributed by atoms with Crippen LogP contribution >= 0.6 is 0 Å². The first-order valence-electron chi connectivity index (χ1n) is 6.14. The summed E-state index contributed by atoms with van der Waals surface area (Å²) in [7, 11) is 1.70. The van der Waals surface area contributed by atoms with Crippen LogP contribution < -0.4 is 10.6 Å². The van der Waals surface area contributed by atoms with E-state index in [0.717, 1.165) is 19.3 Å². The van der Waals surface area contributed by atoms with Gasteiger partial charge in [-0.15, -0.1) is 0 Å². The van der Waals surface area contributed by atoms with Gasteiger partial charge in [0.05, 0.1) is 0 Å². The fourth-order valence-corrected chi connectivity index (χ4v) is 2.86. The maximum absolute atomic E-state index is 12.0. The van der Waals surface area contributed by atoms with Gasteiger partial charge in [0.2, 0.25) is 0 Å². The number of carbonyl (C=O) groups is 1. The first-order valence-corrected chi connectivity index (χ1v) is 6.14. The maximum Gasteiger partial charge on any atom is 0.252 e. The lowest BCUT2D eigenvalue weighted by Gasteiger charge is -2.37. The summed E-state index contributed by atoms with van der Waals surface area (Å²) < 4.78 is 0. The van der Waals surface area contributed by atoms with E-state index in [1.165, 1.54) is 6.42 Å². The van der Waals surface area contributed by atoms with Crippen molar-refractivity contribution in [1.82, 2.24) is 10.6 Å². The van der Waals surface area contributed by atoms with E-state index >= 15 is 0 Å². The Morgan fingerprint density at radius 2 is 2.25 bits per heavy atom. The Hall–Kier alpha value is -1.06. The van der Waals surface area contributed by atoms with Gasteiger partial charge in [0, 0.05) is 7.05 Å². The van der Waals surface area contributed by atoms with Gasteiger partial charge in [0.25, 0.3) is 5.91 Å². The predicted molar refractivity (Wildman–Crippen MR) is 64.2 cm³/mol. The fourth-order valence-electron chi connectivity index (χ4n) is 2.86. The highest BCUT2D eigenvalue weighted by atomic mass is 16.2. The third-order valence-corrected chi connectivity index (χ3v) is 3.98. The van der Waals surface area contributed by atoms with Gasteiger partial charge < -0.3 is 5.32 Å². The van der Waals surface area contributed by atoms with Gasteiger partial charge in [0.1, 0.15) is 5.54 Å². The summed E-state index contributed by atoms with van der Waals surface area (Å²) in [6, 6.07) is 0. The molecule has 1 heterocycles. The Balaban J connectivity index is 2.16. The highest BCUT2D eigenvalue weighted by Crippen LogP contribution is 2.37. The zero-order valence-corrected chi connectivity index (χ0v) is 10.3.